The summed E-state index contributed by atoms with van der Waals surface area (Å²) in [5.41, 5.74) is -1.71. The Morgan fingerprint density at radius 1 is 1.47 bits per heavy atom. The van der Waals surface area contributed by atoms with Gasteiger partial charge in [0.15, 0.2) is 0 Å². The number of rotatable bonds is 3. The molecule has 0 aromatic rings. The van der Waals surface area contributed by atoms with Crippen LogP contribution in [0.3, 0.4) is 0 Å². The summed E-state index contributed by atoms with van der Waals surface area (Å²) >= 11 is 5.08. The number of allylic oxidation sites excluding steroid dienone is 1. The lowest BCUT2D eigenvalue weighted by Gasteiger charge is -2.15. The number of halogens is 4. The SMILES string of the molecule is CC1(C)CC1(C=C(Cl)C(F)(F)F)OC=O. The van der Waals surface area contributed by atoms with Crippen LogP contribution in [0.25, 0.3) is 0 Å². The standard InChI is InChI=1S/C9H10ClF3O2/c1-7(2)4-8(7,15-5-14)3-6(10)9(11,12)13/h3,5H,4H2,1-2H3. The van der Waals surface area contributed by atoms with Crippen molar-refractivity contribution in [3.8, 4) is 0 Å². The van der Waals surface area contributed by atoms with Gasteiger partial charge in [0.2, 0.25) is 0 Å². The Hall–Kier alpha value is -0.710. The third-order valence-electron chi connectivity index (χ3n) is 2.61. The maximum atomic E-state index is 12.2. The van der Waals surface area contributed by atoms with E-state index in [0.29, 0.717) is 6.42 Å². The zero-order valence-electron chi connectivity index (χ0n) is 8.19. The second-order valence-electron chi connectivity index (χ2n) is 4.15. The third kappa shape index (κ3) is 2.27. The van der Waals surface area contributed by atoms with Gasteiger partial charge in [-0.1, -0.05) is 25.4 Å². The minimum absolute atomic E-state index is 0.145. The minimum atomic E-state index is -4.60. The van der Waals surface area contributed by atoms with Gasteiger partial charge in [-0.2, -0.15) is 13.2 Å². The monoisotopic (exact) mass is 242 g/mol. The number of carbonyl (C=O) groups excluding carboxylic acids is 1. The molecule has 1 aliphatic carbocycles. The average Bonchev–Trinajstić information content (AvgIpc) is 2.51. The van der Waals surface area contributed by atoms with Crippen molar-refractivity contribution in [2.24, 2.45) is 5.41 Å². The lowest BCUT2D eigenvalue weighted by atomic mass is 10.1. The summed E-state index contributed by atoms with van der Waals surface area (Å²) in [4.78, 5) is 10.2. The van der Waals surface area contributed by atoms with Crippen LogP contribution in [0.15, 0.2) is 11.1 Å². The van der Waals surface area contributed by atoms with Crippen LogP contribution in [-0.4, -0.2) is 18.2 Å². The van der Waals surface area contributed by atoms with Crippen molar-refractivity contribution in [3.05, 3.63) is 11.1 Å². The fraction of sp³-hybridized carbons (Fsp3) is 0.667. The number of carbonyl (C=O) groups is 1. The van der Waals surface area contributed by atoms with Crippen molar-refractivity contribution in [2.75, 3.05) is 0 Å². The Morgan fingerprint density at radius 3 is 2.20 bits per heavy atom. The minimum Gasteiger partial charge on any atom is -0.456 e. The van der Waals surface area contributed by atoms with E-state index in [-0.39, 0.29) is 6.47 Å². The quantitative estimate of drug-likeness (QED) is 0.711. The summed E-state index contributed by atoms with van der Waals surface area (Å²) in [6.07, 6.45) is -3.49. The molecule has 2 nitrogen and oxygen atoms in total. The molecular weight excluding hydrogens is 233 g/mol. The Balaban J connectivity index is 2.92. The molecule has 86 valence electrons. The van der Waals surface area contributed by atoms with Gasteiger partial charge in [0.05, 0.1) is 0 Å². The molecule has 0 N–H and O–H groups in total. The van der Waals surface area contributed by atoms with E-state index in [9.17, 15) is 18.0 Å². The van der Waals surface area contributed by atoms with Crippen molar-refractivity contribution in [3.63, 3.8) is 0 Å². The summed E-state index contributed by atoms with van der Waals surface area (Å²) < 4.78 is 41.1. The van der Waals surface area contributed by atoms with Crippen LogP contribution in [0.2, 0.25) is 0 Å². The van der Waals surface area contributed by atoms with Gasteiger partial charge in [0.1, 0.15) is 10.6 Å². The molecule has 1 atom stereocenters. The molecule has 0 aliphatic heterocycles. The highest BCUT2D eigenvalue weighted by Crippen LogP contribution is 2.60. The van der Waals surface area contributed by atoms with E-state index < -0.39 is 22.2 Å². The molecule has 1 aliphatic rings. The Kier molecular flexibility index (Phi) is 2.80. The first-order valence-electron chi connectivity index (χ1n) is 4.22. The summed E-state index contributed by atoms with van der Waals surface area (Å²) in [5.74, 6) is 0. The Morgan fingerprint density at radius 2 is 1.93 bits per heavy atom. The van der Waals surface area contributed by atoms with Crippen LogP contribution in [-0.2, 0) is 9.53 Å². The molecule has 15 heavy (non-hydrogen) atoms. The molecule has 0 amide bonds. The zero-order chi connectivity index (χ0) is 11.9. The van der Waals surface area contributed by atoms with Gasteiger partial charge in [-0.15, -0.1) is 0 Å². The van der Waals surface area contributed by atoms with Crippen molar-refractivity contribution in [2.45, 2.75) is 32.0 Å². The topological polar surface area (TPSA) is 26.3 Å². The van der Waals surface area contributed by atoms with Crippen LogP contribution >= 0.6 is 11.6 Å². The Bertz CT molecular complexity index is 309. The summed E-state index contributed by atoms with van der Waals surface area (Å²) in [7, 11) is 0. The van der Waals surface area contributed by atoms with E-state index in [1.54, 1.807) is 13.8 Å². The molecule has 0 heterocycles. The molecule has 0 saturated heterocycles. The highest BCUT2D eigenvalue weighted by atomic mass is 35.5. The first-order chi connectivity index (χ1) is 6.65. The van der Waals surface area contributed by atoms with Gasteiger partial charge in [0, 0.05) is 11.8 Å². The molecule has 0 aromatic carbocycles. The zero-order valence-corrected chi connectivity index (χ0v) is 8.95. The summed E-state index contributed by atoms with van der Waals surface area (Å²) in [6, 6.07) is 0. The van der Waals surface area contributed by atoms with Crippen LogP contribution in [0, 0.1) is 5.41 Å². The fourth-order valence-electron chi connectivity index (χ4n) is 1.47. The van der Waals surface area contributed by atoms with E-state index in [2.05, 4.69) is 4.74 Å². The normalized spacial score (nSPS) is 29.9. The van der Waals surface area contributed by atoms with Crippen molar-refractivity contribution in [1.82, 2.24) is 0 Å². The lowest BCUT2D eigenvalue weighted by molar-refractivity contribution is -0.135. The van der Waals surface area contributed by atoms with Gasteiger partial charge < -0.3 is 4.74 Å². The van der Waals surface area contributed by atoms with Gasteiger partial charge in [-0.05, 0) is 6.08 Å². The highest BCUT2D eigenvalue weighted by molar-refractivity contribution is 6.30. The van der Waals surface area contributed by atoms with Gasteiger partial charge in [-0.25, -0.2) is 0 Å². The van der Waals surface area contributed by atoms with E-state index in [4.69, 9.17) is 11.6 Å². The summed E-state index contributed by atoms with van der Waals surface area (Å²) in [6.45, 7) is 3.55. The molecule has 0 radical (unpaired) electrons. The molecule has 1 saturated carbocycles. The second kappa shape index (κ2) is 3.40. The molecule has 0 spiro atoms. The first-order valence-corrected chi connectivity index (χ1v) is 4.59. The van der Waals surface area contributed by atoms with Crippen LogP contribution in [0.1, 0.15) is 20.3 Å². The molecule has 0 aromatic heterocycles. The molecular formula is C9H10ClF3O2. The molecule has 0 bridgehead atoms. The number of alkyl halides is 3. The molecule has 1 unspecified atom stereocenters. The largest absolute Gasteiger partial charge is 0.456 e. The predicted octanol–water partition coefficient (Wildman–Crippen LogP) is 3.01. The van der Waals surface area contributed by atoms with Crippen molar-refractivity contribution in [1.29, 1.82) is 0 Å². The van der Waals surface area contributed by atoms with Crippen LogP contribution in [0.4, 0.5) is 13.2 Å². The van der Waals surface area contributed by atoms with Gasteiger partial charge >= 0.3 is 6.18 Å². The number of hydrogen-bond donors (Lipinski definition) is 0. The van der Waals surface area contributed by atoms with Crippen LogP contribution < -0.4 is 0 Å². The Labute approximate surface area is 90.0 Å². The second-order valence-corrected chi connectivity index (χ2v) is 4.56. The fourth-order valence-corrected chi connectivity index (χ4v) is 1.64. The summed E-state index contributed by atoms with van der Waals surface area (Å²) in [5, 5.41) is -1.25. The number of ether oxygens (including phenoxy) is 1. The van der Waals surface area contributed by atoms with Gasteiger partial charge in [-0.3, -0.25) is 4.79 Å². The molecule has 6 heteroatoms. The average molecular weight is 243 g/mol. The van der Waals surface area contributed by atoms with Crippen LogP contribution in [0.5, 0.6) is 0 Å². The van der Waals surface area contributed by atoms with E-state index in [0.717, 1.165) is 6.08 Å². The van der Waals surface area contributed by atoms with Gasteiger partial charge in [0.25, 0.3) is 6.47 Å². The third-order valence-corrected chi connectivity index (χ3v) is 2.94. The van der Waals surface area contributed by atoms with E-state index >= 15 is 0 Å². The molecule has 1 rings (SSSR count). The van der Waals surface area contributed by atoms with Crippen molar-refractivity contribution >= 4 is 18.1 Å². The maximum absolute atomic E-state index is 12.2. The lowest BCUT2D eigenvalue weighted by Crippen LogP contribution is -2.20. The predicted molar refractivity (Wildman–Crippen MR) is 48.3 cm³/mol. The first kappa shape index (κ1) is 12.4. The maximum Gasteiger partial charge on any atom is 0.426 e. The van der Waals surface area contributed by atoms with E-state index in [1.807, 2.05) is 0 Å². The van der Waals surface area contributed by atoms with Crippen molar-refractivity contribution < 1.29 is 22.7 Å². The number of hydrogen-bond acceptors (Lipinski definition) is 2. The van der Waals surface area contributed by atoms with E-state index in [1.165, 1.54) is 0 Å². The smallest absolute Gasteiger partial charge is 0.426 e. The highest BCUT2D eigenvalue weighted by Gasteiger charge is 2.63. The molecule has 1 fully saturated rings.